The maximum Gasteiger partial charge on any atom is 0.262 e. The van der Waals surface area contributed by atoms with Crippen LogP contribution in [-0.4, -0.2) is 13.5 Å². The molecule has 21 heavy (non-hydrogen) atoms. The molecule has 0 aliphatic rings. The second-order valence-electron chi connectivity index (χ2n) is 4.14. The first-order valence-corrected chi connectivity index (χ1v) is 7.98. The van der Waals surface area contributed by atoms with Gasteiger partial charge in [-0.3, -0.25) is 4.72 Å². The number of aliphatic hydroxyl groups is 1. The lowest BCUT2D eigenvalue weighted by atomic mass is 10.2. The highest BCUT2D eigenvalue weighted by atomic mass is 79.9. The van der Waals surface area contributed by atoms with Crippen LogP contribution in [-0.2, 0) is 16.6 Å². The molecule has 0 atom stereocenters. The molecule has 0 fully saturated rings. The molecule has 0 amide bonds. The van der Waals surface area contributed by atoms with Gasteiger partial charge in [0.25, 0.3) is 10.0 Å². The van der Waals surface area contributed by atoms with Crippen molar-refractivity contribution >= 4 is 31.6 Å². The maximum absolute atomic E-state index is 13.6. The Morgan fingerprint density at radius 2 is 1.81 bits per heavy atom. The zero-order valence-electron chi connectivity index (χ0n) is 10.5. The van der Waals surface area contributed by atoms with Crippen LogP contribution >= 0.6 is 15.9 Å². The van der Waals surface area contributed by atoms with E-state index < -0.39 is 28.3 Å². The lowest BCUT2D eigenvalue weighted by molar-refractivity contribution is 0.275. The van der Waals surface area contributed by atoms with E-state index in [1.165, 1.54) is 12.1 Å². The summed E-state index contributed by atoms with van der Waals surface area (Å²) < 4.78 is 53.7. The van der Waals surface area contributed by atoms with Gasteiger partial charge in [0.15, 0.2) is 0 Å². The summed E-state index contributed by atoms with van der Waals surface area (Å²) in [6.45, 7) is -0.637. The van der Waals surface area contributed by atoms with Gasteiger partial charge in [0.1, 0.15) is 11.6 Å². The SMILES string of the molecule is O=S(=O)(Nc1ccc(Br)cc1F)c1ccc(F)c(CO)c1. The fraction of sp³-hybridized carbons (Fsp3) is 0.0769. The standard InChI is InChI=1S/C13H10BrF2NO3S/c14-9-1-4-13(12(16)6-9)17-21(19,20)10-2-3-11(15)8(5-10)7-18/h1-6,17-18H,7H2. The molecule has 0 radical (unpaired) electrons. The third-order valence-electron chi connectivity index (χ3n) is 2.67. The predicted molar refractivity (Wildman–Crippen MR) is 77.2 cm³/mol. The number of anilines is 1. The number of rotatable bonds is 4. The van der Waals surface area contributed by atoms with E-state index in [0.29, 0.717) is 4.47 Å². The molecule has 0 spiro atoms. The van der Waals surface area contributed by atoms with Gasteiger partial charge < -0.3 is 5.11 Å². The van der Waals surface area contributed by atoms with E-state index in [0.717, 1.165) is 24.3 Å². The lowest BCUT2D eigenvalue weighted by Gasteiger charge is -2.10. The van der Waals surface area contributed by atoms with E-state index in [2.05, 4.69) is 20.7 Å². The first-order valence-electron chi connectivity index (χ1n) is 5.70. The smallest absolute Gasteiger partial charge is 0.262 e. The molecule has 0 saturated heterocycles. The van der Waals surface area contributed by atoms with Crippen molar-refractivity contribution in [3.05, 3.63) is 58.1 Å². The van der Waals surface area contributed by atoms with Gasteiger partial charge in [-0.1, -0.05) is 15.9 Å². The van der Waals surface area contributed by atoms with E-state index in [4.69, 9.17) is 5.11 Å². The van der Waals surface area contributed by atoms with Crippen molar-refractivity contribution in [1.29, 1.82) is 0 Å². The van der Waals surface area contributed by atoms with Crippen LogP contribution in [0.3, 0.4) is 0 Å². The Labute approximate surface area is 128 Å². The summed E-state index contributed by atoms with van der Waals surface area (Å²) in [5.41, 5.74) is -0.387. The summed E-state index contributed by atoms with van der Waals surface area (Å²) in [6, 6.07) is 6.81. The molecule has 8 heteroatoms. The van der Waals surface area contributed by atoms with Crippen LogP contribution in [0.1, 0.15) is 5.56 Å². The summed E-state index contributed by atoms with van der Waals surface area (Å²) in [5, 5.41) is 8.95. The van der Waals surface area contributed by atoms with E-state index in [9.17, 15) is 17.2 Å². The van der Waals surface area contributed by atoms with Gasteiger partial charge in [-0.05, 0) is 36.4 Å². The number of nitrogens with one attached hydrogen (secondary N) is 1. The fourth-order valence-electron chi connectivity index (χ4n) is 1.62. The van der Waals surface area contributed by atoms with Crippen molar-refractivity contribution in [2.24, 2.45) is 0 Å². The van der Waals surface area contributed by atoms with Gasteiger partial charge in [0, 0.05) is 10.0 Å². The van der Waals surface area contributed by atoms with Crippen LogP contribution in [0.4, 0.5) is 14.5 Å². The molecular weight excluding hydrogens is 368 g/mol. The van der Waals surface area contributed by atoms with Gasteiger partial charge >= 0.3 is 0 Å². The Kier molecular flexibility index (Phi) is 4.60. The molecule has 2 N–H and O–H groups in total. The number of hydrogen-bond acceptors (Lipinski definition) is 3. The Hall–Kier alpha value is -1.51. The topological polar surface area (TPSA) is 66.4 Å². The van der Waals surface area contributed by atoms with Gasteiger partial charge in [0.2, 0.25) is 0 Å². The average Bonchev–Trinajstić information content (AvgIpc) is 2.42. The summed E-state index contributed by atoms with van der Waals surface area (Å²) in [7, 11) is -4.08. The predicted octanol–water partition coefficient (Wildman–Crippen LogP) is 3.02. The Morgan fingerprint density at radius 1 is 1.10 bits per heavy atom. The molecule has 0 unspecified atom stereocenters. The molecule has 0 aliphatic heterocycles. The number of aliphatic hydroxyl groups excluding tert-OH is 1. The minimum Gasteiger partial charge on any atom is -0.392 e. The van der Waals surface area contributed by atoms with Crippen molar-refractivity contribution < 1.29 is 22.3 Å². The van der Waals surface area contributed by atoms with Crippen molar-refractivity contribution in [3.63, 3.8) is 0 Å². The highest BCUT2D eigenvalue weighted by Crippen LogP contribution is 2.23. The molecule has 0 aliphatic carbocycles. The molecule has 112 valence electrons. The minimum absolute atomic E-state index is 0.158. The van der Waals surface area contributed by atoms with Crippen molar-refractivity contribution in [3.8, 4) is 0 Å². The summed E-state index contributed by atoms with van der Waals surface area (Å²) in [4.78, 5) is -0.268. The Morgan fingerprint density at radius 3 is 2.43 bits per heavy atom. The van der Waals surface area contributed by atoms with Crippen LogP contribution in [0.5, 0.6) is 0 Å². The largest absolute Gasteiger partial charge is 0.392 e. The molecule has 2 aromatic carbocycles. The molecule has 0 saturated carbocycles. The van der Waals surface area contributed by atoms with Gasteiger partial charge in [-0.25, -0.2) is 17.2 Å². The fourth-order valence-corrected chi connectivity index (χ4v) is 3.07. The summed E-state index contributed by atoms with van der Waals surface area (Å²) >= 11 is 3.06. The highest BCUT2D eigenvalue weighted by molar-refractivity contribution is 9.10. The molecular formula is C13H10BrF2NO3S. The number of benzene rings is 2. The van der Waals surface area contributed by atoms with E-state index in [-0.39, 0.29) is 16.1 Å². The van der Waals surface area contributed by atoms with Gasteiger partial charge in [0.05, 0.1) is 17.2 Å². The number of hydrogen-bond donors (Lipinski definition) is 2. The Balaban J connectivity index is 2.38. The second-order valence-corrected chi connectivity index (χ2v) is 6.74. The third-order valence-corrected chi connectivity index (χ3v) is 4.53. The quantitative estimate of drug-likeness (QED) is 0.860. The van der Waals surface area contributed by atoms with Crippen LogP contribution < -0.4 is 4.72 Å². The molecule has 2 aromatic rings. The van der Waals surface area contributed by atoms with Gasteiger partial charge in [-0.15, -0.1) is 0 Å². The summed E-state index contributed by atoms with van der Waals surface area (Å²) in [6.07, 6.45) is 0. The molecule has 0 aromatic heterocycles. The third kappa shape index (κ3) is 3.58. The van der Waals surface area contributed by atoms with Crippen molar-refractivity contribution in [2.45, 2.75) is 11.5 Å². The molecule has 0 heterocycles. The van der Waals surface area contributed by atoms with E-state index in [1.807, 2.05) is 0 Å². The lowest BCUT2D eigenvalue weighted by Crippen LogP contribution is -2.14. The zero-order chi connectivity index (χ0) is 15.6. The van der Waals surface area contributed by atoms with E-state index >= 15 is 0 Å². The highest BCUT2D eigenvalue weighted by Gasteiger charge is 2.18. The first-order chi connectivity index (χ1) is 9.83. The average molecular weight is 378 g/mol. The van der Waals surface area contributed by atoms with Crippen LogP contribution in [0.25, 0.3) is 0 Å². The van der Waals surface area contributed by atoms with Gasteiger partial charge in [-0.2, -0.15) is 0 Å². The zero-order valence-corrected chi connectivity index (χ0v) is 12.9. The van der Waals surface area contributed by atoms with Crippen LogP contribution in [0, 0.1) is 11.6 Å². The second kappa shape index (κ2) is 6.08. The molecule has 0 bridgehead atoms. The maximum atomic E-state index is 13.6. The summed E-state index contributed by atoms with van der Waals surface area (Å²) in [5.74, 6) is -1.47. The van der Waals surface area contributed by atoms with Crippen LogP contribution in [0.2, 0.25) is 0 Å². The molecule has 4 nitrogen and oxygen atoms in total. The number of halogens is 3. The van der Waals surface area contributed by atoms with E-state index in [1.54, 1.807) is 0 Å². The van der Waals surface area contributed by atoms with Crippen LogP contribution in [0.15, 0.2) is 45.8 Å². The first kappa shape index (κ1) is 15.9. The van der Waals surface area contributed by atoms with Crippen molar-refractivity contribution in [2.75, 3.05) is 4.72 Å². The molecule has 2 rings (SSSR count). The monoisotopic (exact) mass is 377 g/mol. The Bertz CT molecular complexity index is 781. The minimum atomic E-state index is -4.08. The van der Waals surface area contributed by atoms with Crippen molar-refractivity contribution in [1.82, 2.24) is 0 Å². The number of sulfonamides is 1. The normalized spacial score (nSPS) is 11.4.